The molecule has 1 saturated heterocycles. The molecule has 0 radical (unpaired) electrons. The maximum Gasteiger partial charge on any atom is 0.320 e. The number of benzene rings is 1. The summed E-state index contributed by atoms with van der Waals surface area (Å²) in [5, 5.41) is 3.31. The highest BCUT2D eigenvalue weighted by Gasteiger charge is 2.62. The summed E-state index contributed by atoms with van der Waals surface area (Å²) in [6.45, 7) is 11.0. The van der Waals surface area contributed by atoms with Crippen LogP contribution in [0.15, 0.2) is 35.7 Å². The fraction of sp³-hybridized carbons (Fsp3) is 0.564. The lowest BCUT2D eigenvalue weighted by molar-refractivity contribution is -0.132. The van der Waals surface area contributed by atoms with Gasteiger partial charge in [0, 0.05) is 48.7 Å². The number of Topliss-reactive ketones (excluding diaryl/α,β-unsaturated/α-hetero) is 1. The van der Waals surface area contributed by atoms with E-state index in [1.54, 1.807) is 28.2 Å². The first-order valence-electron chi connectivity index (χ1n) is 18.5. The standard InChI is InChI=1S/C39H49N5O6S2/c1-22(2)36-41-30(21-51-36)29-17-32(28-15-12-23(3)24(4)34(28)40-29)50-33-20-44-35(25(33)5)31(45)19-39(37(46)42-52(48,49)27-13-14-27)18-26(39)11-9-7-8-10-16-43(6)38(44)47/h9,11-12,15,17,21-22,25-27,33,35H,7-8,10,13-14,16,18-20H2,1-6H3,(H,42,46)/b11-9-/t25-,26+,33-,35-,39+/m0/s1. The molecule has 3 fully saturated rings. The van der Waals surface area contributed by atoms with E-state index in [-0.39, 0.29) is 36.6 Å². The van der Waals surface area contributed by atoms with E-state index in [9.17, 15) is 22.8 Å². The number of urea groups is 1. The number of carbonyl (C=O) groups is 3. The topological polar surface area (TPSA) is 139 Å². The van der Waals surface area contributed by atoms with Crippen LogP contribution in [-0.4, -0.2) is 83.4 Å². The van der Waals surface area contributed by atoms with E-state index in [0.717, 1.165) is 52.0 Å². The van der Waals surface area contributed by atoms with Crippen molar-refractivity contribution in [3.63, 3.8) is 0 Å². The number of hydrogen-bond donors (Lipinski definition) is 1. The summed E-state index contributed by atoms with van der Waals surface area (Å²) in [5.74, 6) is -0.671. The van der Waals surface area contributed by atoms with Gasteiger partial charge in [-0.05, 0) is 75.5 Å². The number of pyridine rings is 1. The molecule has 4 heterocycles. The molecule has 2 saturated carbocycles. The number of nitrogens with one attached hydrogen (secondary N) is 1. The van der Waals surface area contributed by atoms with E-state index in [2.05, 4.69) is 18.6 Å². The molecule has 0 spiro atoms. The highest BCUT2D eigenvalue weighted by molar-refractivity contribution is 7.90. The van der Waals surface area contributed by atoms with Gasteiger partial charge in [0.25, 0.3) is 0 Å². The number of allylic oxidation sites excluding steroid dienone is 2. The number of aromatic nitrogens is 2. The van der Waals surface area contributed by atoms with E-state index in [0.29, 0.717) is 37.3 Å². The summed E-state index contributed by atoms with van der Waals surface area (Å²) in [4.78, 5) is 55.6. The molecule has 0 bridgehead atoms. The van der Waals surface area contributed by atoms with Crippen molar-refractivity contribution in [3.05, 3.63) is 51.9 Å². The summed E-state index contributed by atoms with van der Waals surface area (Å²) in [6.07, 6.45) is 7.14. The largest absolute Gasteiger partial charge is 0.487 e. The number of thiazole rings is 1. The zero-order valence-electron chi connectivity index (χ0n) is 30.8. The Hall–Kier alpha value is -3.84. The van der Waals surface area contributed by atoms with Crippen LogP contribution < -0.4 is 9.46 Å². The third kappa shape index (κ3) is 6.86. The Balaban J connectivity index is 1.23. The van der Waals surface area contributed by atoms with Gasteiger partial charge < -0.3 is 14.5 Å². The van der Waals surface area contributed by atoms with Crippen LogP contribution in [0, 0.1) is 31.1 Å². The highest BCUT2D eigenvalue weighted by atomic mass is 32.2. The number of aryl methyl sites for hydroxylation is 2. The van der Waals surface area contributed by atoms with Gasteiger partial charge in [0.15, 0.2) is 5.78 Å². The zero-order chi connectivity index (χ0) is 37.1. The van der Waals surface area contributed by atoms with Crippen LogP contribution in [0.4, 0.5) is 4.79 Å². The lowest BCUT2D eigenvalue weighted by Crippen LogP contribution is -2.49. The summed E-state index contributed by atoms with van der Waals surface area (Å²) < 4.78 is 34.9. The normalized spacial score (nSPS) is 27.7. The van der Waals surface area contributed by atoms with E-state index in [4.69, 9.17) is 14.7 Å². The van der Waals surface area contributed by atoms with Crippen LogP contribution in [-0.2, 0) is 19.6 Å². The van der Waals surface area contributed by atoms with Gasteiger partial charge in [-0.1, -0.05) is 39.0 Å². The van der Waals surface area contributed by atoms with Gasteiger partial charge in [0.1, 0.15) is 11.9 Å². The number of carbonyl (C=O) groups excluding carboxylic acids is 3. The second kappa shape index (κ2) is 13.9. The minimum atomic E-state index is -3.80. The molecule has 278 valence electrons. The van der Waals surface area contributed by atoms with E-state index in [1.807, 2.05) is 56.5 Å². The van der Waals surface area contributed by atoms with Gasteiger partial charge in [-0.2, -0.15) is 0 Å². The van der Waals surface area contributed by atoms with Crippen molar-refractivity contribution in [3.8, 4) is 17.1 Å². The second-order valence-corrected chi connectivity index (χ2v) is 18.5. The molecule has 2 aliphatic carbocycles. The maximum atomic E-state index is 14.5. The van der Waals surface area contributed by atoms with E-state index >= 15 is 0 Å². The molecule has 2 aromatic heterocycles. The number of ketones is 1. The average Bonchev–Trinajstić information content (AvgIpc) is 3.99. The fourth-order valence-electron chi connectivity index (χ4n) is 7.76. The Kier molecular flexibility index (Phi) is 9.73. The number of nitrogens with zero attached hydrogens (tertiary/aromatic N) is 4. The number of ether oxygens (including phenoxy) is 1. The highest BCUT2D eigenvalue weighted by Crippen LogP contribution is 2.57. The Bertz CT molecular complexity index is 2060. The van der Waals surface area contributed by atoms with Crippen molar-refractivity contribution in [2.75, 3.05) is 20.1 Å². The van der Waals surface area contributed by atoms with Crippen molar-refractivity contribution >= 4 is 50.0 Å². The Morgan fingerprint density at radius 1 is 1.12 bits per heavy atom. The third-order valence-electron chi connectivity index (χ3n) is 11.5. The molecule has 1 aromatic carbocycles. The van der Waals surface area contributed by atoms with Crippen LogP contribution in [0.5, 0.6) is 5.75 Å². The maximum absolute atomic E-state index is 14.5. The van der Waals surface area contributed by atoms with Crippen LogP contribution in [0.3, 0.4) is 0 Å². The molecule has 11 nitrogen and oxygen atoms in total. The minimum Gasteiger partial charge on any atom is -0.487 e. The molecule has 3 amide bonds. The molecule has 7 rings (SSSR count). The van der Waals surface area contributed by atoms with Crippen molar-refractivity contribution in [1.82, 2.24) is 24.5 Å². The summed E-state index contributed by atoms with van der Waals surface area (Å²) >= 11 is 1.60. The predicted molar refractivity (Wildman–Crippen MR) is 202 cm³/mol. The Morgan fingerprint density at radius 2 is 1.88 bits per heavy atom. The van der Waals surface area contributed by atoms with Crippen molar-refractivity contribution in [1.29, 1.82) is 0 Å². The predicted octanol–water partition coefficient (Wildman–Crippen LogP) is 6.53. The monoisotopic (exact) mass is 747 g/mol. The lowest BCUT2D eigenvalue weighted by atomic mass is 9.87. The van der Waals surface area contributed by atoms with Crippen LogP contribution in [0.25, 0.3) is 22.3 Å². The molecular formula is C39H49N5O6S2. The van der Waals surface area contributed by atoms with Gasteiger partial charge in [-0.15, -0.1) is 11.3 Å². The molecule has 5 atom stereocenters. The number of rotatable bonds is 7. The van der Waals surface area contributed by atoms with Crippen molar-refractivity contribution < 1.29 is 27.5 Å². The first kappa shape index (κ1) is 36.5. The molecule has 52 heavy (non-hydrogen) atoms. The van der Waals surface area contributed by atoms with Crippen LogP contribution in [0.2, 0.25) is 0 Å². The number of sulfonamides is 1. The van der Waals surface area contributed by atoms with E-state index in [1.165, 1.54) is 0 Å². The Labute approximate surface area is 310 Å². The van der Waals surface area contributed by atoms with Gasteiger partial charge in [0.05, 0.1) is 45.2 Å². The smallest absolute Gasteiger partial charge is 0.320 e. The van der Waals surface area contributed by atoms with Gasteiger partial charge in [0.2, 0.25) is 15.9 Å². The summed E-state index contributed by atoms with van der Waals surface area (Å²) in [5.41, 5.74) is 3.23. The molecule has 4 aliphatic rings. The summed E-state index contributed by atoms with van der Waals surface area (Å²) in [7, 11) is -2.04. The second-order valence-electron chi connectivity index (χ2n) is 15.7. The van der Waals surface area contributed by atoms with Crippen LogP contribution in [0.1, 0.15) is 87.8 Å². The van der Waals surface area contributed by atoms with Crippen molar-refractivity contribution in [2.24, 2.45) is 17.3 Å². The molecule has 3 aromatic rings. The number of amides is 3. The van der Waals surface area contributed by atoms with E-state index < -0.39 is 44.7 Å². The molecule has 13 heteroatoms. The lowest BCUT2D eigenvalue weighted by Gasteiger charge is -2.31. The molecule has 2 aliphatic heterocycles. The van der Waals surface area contributed by atoms with Crippen molar-refractivity contribution in [2.45, 2.75) is 103 Å². The first-order valence-corrected chi connectivity index (χ1v) is 20.9. The SMILES string of the molecule is Cc1ccc2c(O[C@H]3CN4C(=O)N(C)CCCC/C=C\[C@@H]5C[C@@]5(C(=O)NS(=O)(=O)C5CC5)CC(=O)[C@@H]4[C@H]3C)cc(-c3csc(C(C)C)n3)nc2c1C. The first-order chi connectivity index (χ1) is 24.7. The van der Waals surface area contributed by atoms with Gasteiger partial charge >= 0.3 is 6.03 Å². The molecule has 0 unspecified atom stereocenters. The van der Waals surface area contributed by atoms with Crippen LogP contribution >= 0.6 is 11.3 Å². The number of fused-ring (bicyclic) bond motifs is 3. The molecule has 1 N–H and O–H groups in total. The Morgan fingerprint density at radius 3 is 2.60 bits per heavy atom. The van der Waals surface area contributed by atoms with Gasteiger partial charge in [-0.25, -0.2) is 23.2 Å². The number of hydrogen-bond acceptors (Lipinski definition) is 9. The fourth-order valence-corrected chi connectivity index (χ4v) is 9.97. The zero-order valence-corrected chi connectivity index (χ0v) is 32.5. The third-order valence-corrected chi connectivity index (χ3v) is 14.4. The minimum absolute atomic E-state index is 0.161. The van der Waals surface area contributed by atoms with Gasteiger partial charge in [-0.3, -0.25) is 14.3 Å². The average molecular weight is 748 g/mol. The molecular weight excluding hydrogens is 699 g/mol. The quantitative estimate of drug-likeness (QED) is 0.269. The summed E-state index contributed by atoms with van der Waals surface area (Å²) in [6, 6.07) is 4.83.